The molecule has 2 aliphatic rings. The lowest BCUT2D eigenvalue weighted by Gasteiger charge is -2.41. The maximum atomic E-state index is 16.4. The van der Waals surface area contributed by atoms with E-state index >= 15 is 4.39 Å². The van der Waals surface area contributed by atoms with Gasteiger partial charge in [-0.3, -0.25) is 14.5 Å². The minimum atomic E-state index is -0.897. The number of carbonyl (C=O) groups is 3. The highest BCUT2D eigenvalue weighted by Crippen LogP contribution is 2.39. The lowest BCUT2D eigenvalue weighted by molar-refractivity contribution is -0.140. The number of morpholine rings is 1. The fourth-order valence-electron chi connectivity index (χ4n) is 6.10. The van der Waals surface area contributed by atoms with Gasteiger partial charge in [-0.15, -0.1) is 0 Å². The third-order valence-electron chi connectivity index (χ3n) is 8.12. The Morgan fingerprint density at radius 3 is 2.59 bits per heavy atom. The fraction of sp³-hybridized carbons (Fsp3) is 0.343. The van der Waals surface area contributed by atoms with Gasteiger partial charge in [0.25, 0.3) is 0 Å². The first kappa shape index (κ1) is 30.8. The maximum Gasteiger partial charge on any atom is 0.410 e. The van der Waals surface area contributed by atoms with E-state index in [1.54, 1.807) is 35.2 Å². The van der Waals surface area contributed by atoms with Crippen LogP contribution in [0.3, 0.4) is 0 Å². The van der Waals surface area contributed by atoms with Crippen LogP contribution in [-0.4, -0.2) is 60.8 Å². The van der Waals surface area contributed by atoms with E-state index in [0.717, 1.165) is 5.56 Å². The number of hydrogen-bond acceptors (Lipinski definition) is 6. The van der Waals surface area contributed by atoms with Gasteiger partial charge in [-0.25, -0.2) is 9.18 Å². The molecule has 1 spiro atoms. The van der Waals surface area contributed by atoms with Crippen molar-refractivity contribution in [2.75, 3.05) is 20.3 Å². The Balaban J connectivity index is 1.45. The number of hydrogen-bond donors (Lipinski definition) is 1. The van der Waals surface area contributed by atoms with Crippen molar-refractivity contribution in [2.24, 2.45) is 0 Å². The highest BCUT2D eigenvalue weighted by Gasteiger charge is 2.55. The van der Waals surface area contributed by atoms with Gasteiger partial charge in [0.15, 0.2) is 0 Å². The zero-order valence-corrected chi connectivity index (χ0v) is 24.8. The molecule has 8 nitrogen and oxygen atoms in total. The summed E-state index contributed by atoms with van der Waals surface area (Å²) in [7, 11) is 1.33. The van der Waals surface area contributed by atoms with E-state index in [-0.39, 0.29) is 50.6 Å². The molecule has 1 N–H and O–H groups in total. The molecule has 2 heterocycles. The molecule has 2 saturated heterocycles. The number of rotatable bonds is 7. The van der Waals surface area contributed by atoms with Crippen LogP contribution in [0.4, 0.5) is 9.18 Å². The molecule has 0 saturated carbocycles. The SMILES string of the molecule is COC(=O)CCC#Cc1ccccc1-c1cccc(CC2N(C(=O)OCc3ccccc3)[C@H](C)CC23COCC(=O)N3)c1F. The number of amides is 2. The van der Waals surface area contributed by atoms with Gasteiger partial charge in [-0.2, -0.15) is 0 Å². The number of halogens is 1. The van der Waals surface area contributed by atoms with Crippen LogP contribution in [0.2, 0.25) is 0 Å². The summed E-state index contributed by atoms with van der Waals surface area (Å²) >= 11 is 0. The maximum absolute atomic E-state index is 16.4. The number of ether oxygens (including phenoxy) is 3. The van der Waals surface area contributed by atoms with Crippen molar-refractivity contribution >= 4 is 18.0 Å². The summed E-state index contributed by atoms with van der Waals surface area (Å²) in [5.41, 5.74) is 1.93. The second-order valence-corrected chi connectivity index (χ2v) is 11.1. The number of methoxy groups -OCH3 is 1. The van der Waals surface area contributed by atoms with Crippen LogP contribution in [0.1, 0.15) is 42.9 Å². The lowest BCUT2D eigenvalue weighted by Crippen LogP contribution is -2.64. The minimum Gasteiger partial charge on any atom is -0.469 e. The Kier molecular flexibility index (Phi) is 9.61. The molecule has 2 fully saturated rings. The second-order valence-electron chi connectivity index (χ2n) is 11.1. The summed E-state index contributed by atoms with van der Waals surface area (Å²) in [5, 5.41) is 3.08. The summed E-state index contributed by atoms with van der Waals surface area (Å²) in [6, 6.07) is 20.9. The summed E-state index contributed by atoms with van der Waals surface area (Å²) in [4.78, 5) is 39.2. The molecular weight excluding hydrogens is 563 g/mol. The molecule has 2 amide bonds. The van der Waals surface area contributed by atoms with E-state index in [1.807, 2.05) is 49.4 Å². The quantitative estimate of drug-likeness (QED) is 0.303. The number of nitrogens with one attached hydrogen (secondary N) is 1. The molecule has 5 rings (SSSR count). The van der Waals surface area contributed by atoms with Gasteiger partial charge in [-0.05, 0) is 37.0 Å². The molecule has 2 aliphatic heterocycles. The zero-order valence-electron chi connectivity index (χ0n) is 24.8. The van der Waals surface area contributed by atoms with E-state index in [2.05, 4.69) is 21.9 Å². The van der Waals surface area contributed by atoms with E-state index in [9.17, 15) is 14.4 Å². The smallest absolute Gasteiger partial charge is 0.410 e. The van der Waals surface area contributed by atoms with Gasteiger partial charge in [0.2, 0.25) is 5.91 Å². The molecule has 3 aromatic carbocycles. The van der Waals surface area contributed by atoms with Gasteiger partial charge in [-0.1, -0.05) is 78.6 Å². The van der Waals surface area contributed by atoms with Crippen LogP contribution in [0.25, 0.3) is 11.1 Å². The van der Waals surface area contributed by atoms with Crippen LogP contribution in [0.15, 0.2) is 72.8 Å². The molecule has 3 aromatic rings. The normalized spacial score (nSPS) is 20.9. The molecule has 0 radical (unpaired) electrons. The summed E-state index contributed by atoms with van der Waals surface area (Å²) in [5.74, 6) is 4.98. The molecule has 0 aromatic heterocycles. The number of carbonyl (C=O) groups excluding carboxylic acids is 3. The van der Waals surface area contributed by atoms with E-state index in [0.29, 0.717) is 35.1 Å². The first-order chi connectivity index (χ1) is 21.3. The number of nitrogens with zero attached hydrogens (tertiary/aromatic N) is 1. The monoisotopic (exact) mass is 598 g/mol. The van der Waals surface area contributed by atoms with Crippen LogP contribution in [-0.2, 0) is 36.8 Å². The van der Waals surface area contributed by atoms with Crippen LogP contribution < -0.4 is 5.32 Å². The van der Waals surface area contributed by atoms with Gasteiger partial charge < -0.3 is 19.5 Å². The molecule has 0 bridgehead atoms. The average Bonchev–Trinajstić information content (AvgIpc) is 3.28. The number of esters is 1. The molecule has 2 unspecified atom stereocenters. The Morgan fingerprint density at radius 2 is 1.82 bits per heavy atom. The number of likely N-dealkylation sites (tertiary alicyclic amines) is 1. The highest BCUT2D eigenvalue weighted by atomic mass is 19.1. The van der Waals surface area contributed by atoms with Crippen LogP contribution in [0, 0.1) is 17.7 Å². The Morgan fingerprint density at radius 1 is 1.07 bits per heavy atom. The van der Waals surface area contributed by atoms with E-state index in [4.69, 9.17) is 9.47 Å². The van der Waals surface area contributed by atoms with Crippen molar-refractivity contribution in [2.45, 2.75) is 56.8 Å². The first-order valence-corrected chi connectivity index (χ1v) is 14.6. The molecule has 44 heavy (non-hydrogen) atoms. The molecular formula is C35H35FN2O6. The predicted molar refractivity (Wildman–Crippen MR) is 162 cm³/mol. The van der Waals surface area contributed by atoms with E-state index < -0.39 is 23.5 Å². The Hall–Kier alpha value is -4.68. The molecule has 9 heteroatoms. The summed E-state index contributed by atoms with van der Waals surface area (Å²) in [6.07, 6.45) is 0.514. The molecule has 228 valence electrons. The zero-order chi connectivity index (χ0) is 31.1. The largest absolute Gasteiger partial charge is 0.469 e. The first-order valence-electron chi connectivity index (χ1n) is 14.6. The van der Waals surface area contributed by atoms with Crippen LogP contribution in [0.5, 0.6) is 0 Å². The molecule has 0 aliphatic carbocycles. The topological polar surface area (TPSA) is 94.2 Å². The minimum absolute atomic E-state index is 0.0669. The van der Waals surface area contributed by atoms with Gasteiger partial charge >= 0.3 is 12.1 Å². The van der Waals surface area contributed by atoms with Crippen LogP contribution >= 0.6 is 0 Å². The van der Waals surface area contributed by atoms with Crippen molar-refractivity contribution in [3.8, 4) is 23.0 Å². The van der Waals surface area contributed by atoms with Gasteiger partial charge in [0.05, 0.1) is 31.7 Å². The Labute approximate surface area is 256 Å². The Bertz CT molecular complexity index is 1580. The van der Waals surface area contributed by atoms with E-state index in [1.165, 1.54) is 7.11 Å². The lowest BCUT2D eigenvalue weighted by atomic mass is 9.84. The third-order valence-corrected chi connectivity index (χ3v) is 8.12. The van der Waals surface area contributed by atoms with Gasteiger partial charge in [0, 0.05) is 29.2 Å². The second kappa shape index (κ2) is 13.7. The van der Waals surface area contributed by atoms with Crippen molar-refractivity contribution in [1.29, 1.82) is 0 Å². The number of benzene rings is 3. The van der Waals surface area contributed by atoms with Gasteiger partial charge in [0.1, 0.15) is 19.0 Å². The molecule has 3 atom stereocenters. The van der Waals surface area contributed by atoms with Crippen molar-refractivity contribution < 1.29 is 33.0 Å². The standard InChI is InChI=1S/C35H35FN2O6/c1-24-20-35(23-43-22-31(39)37-35)30(38(24)34(41)44-21-25-11-4-3-5-12-25)19-27-15-10-17-29(33(27)36)28-16-8-6-13-26(28)14-7-9-18-32(40)42-2/h3-6,8,10-13,15-17,24,30H,9,18-23H2,1-2H3,(H,37,39)/t24-,30?,35?/m1/s1. The van der Waals surface area contributed by atoms with Crippen molar-refractivity contribution in [3.63, 3.8) is 0 Å². The average molecular weight is 599 g/mol. The summed E-state index contributed by atoms with van der Waals surface area (Å²) < 4.78 is 32.5. The fourth-order valence-corrected chi connectivity index (χ4v) is 6.10. The van der Waals surface area contributed by atoms with Crippen molar-refractivity contribution in [1.82, 2.24) is 10.2 Å². The third kappa shape index (κ3) is 6.76. The van der Waals surface area contributed by atoms with Crippen molar-refractivity contribution in [3.05, 3.63) is 95.3 Å². The predicted octanol–water partition coefficient (Wildman–Crippen LogP) is 5.02. The summed E-state index contributed by atoms with van der Waals surface area (Å²) in [6.45, 7) is 2.12. The highest BCUT2D eigenvalue weighted by molar-refractivity contribution is 5.80.